The van der Waals surface area contributed by atoms with Gasteiger partial charge in [-0.15, -0.1) is 0 Å². The van der Waals surface area contributed by atoms with Crippen molar-refractivity contribution in [2.24, 2.45) is 0 Å². The van der Waals surface area contributed by atoms with Crippen LogP contribution < -0.4 is 5.73 Å². The Kier molecular flexibility index (Phi) is 3.66. The van der Waals surface area contributed by atoms with Crippen LogP contribution in [0, 0.1) is 0 Å². The van der Waals surface area contributed by atoms with Gasteiger partial charge in [-0.1, -0.05) is 6.92 Å². The molecule has 1 unspecified atom stereocenters. The third-order valence-corrected chi connectivity index (χ3v) is 2.65. The van der Waals surface area contributed by atoms with Crippen LogP contribution in [0.1, 0.15) is 30.6 Å². The van der Waals surface area contributed by atoms with Crippen molar-refractivity contribution in [3.8, 4) is 0 Å². The molecule has 82 valence electrons. The molecule has 0 spiro atoms. The van der Waals surface area contributed by atoms with Crippen molar-refractivity contribution in [3.05, 3.63) is 24.0 Å². The monoisotopic (exact) mass is 207 g/mol. The summed E-state index contributed by atoms with van der Waals surface area (Å²) in [5.74, 6) is -0.0516. The van der Waals surface area contributed by atoms with Crippen molar-refractivity contribution in [3.63, 3.8) is 0 Å². The van der Waals surface area contributed by atoms with Crippen LogP contribution in [0.2, 0.25) is 0 Å². The molecule has 1 rings (SSSR count). The number of nitrogens with zero attached hydrogens (tertiary/aromatic N) is 2. The minimum atomic E-state index is -0.0516. The maximum atomic E-state index is 12.0. The summed E-state index contributed by atoms with van der Waals surface area (Å²) in [7, 11) is 1.79. The molecule has 1 amide bonds. The molecule has 1 atom stereocenters. The van der Waals surface area contributed by atoms with Gasteiger partial charge < -0.3 is 10.6 Å². The normalized spacial score (nSPS) is 12.2. The van der Waals surface area contributed by atoms with Crippen LogP contribution >= 0.6 is 0 Å². The lowest BCUT2D eigenvalue weighted by Crippen LogP contribution is -2.35. The number of rotatable bonds is 3. The van der Waals surface area contributed by atoms with Gasteiger partial charge in [-0.05, 0) is 19.4 Å². The number of anilines is 1. The molecule has 0 aromatic carbocycles. The molecule has 0 radical (unpaired) electrons. The SMILES string of the molecule is CCC(C)N(C)C(=O)c1ccncc1N. The molecule has 15 heavy (non-hydrogen) atoms. The molecule has 1 aromatic heterocycles. The van der Waals surface area contributed by atoms with Crippen LogP contribution in [0.3, 0.4) is 0 Å². The van der Waals surface area contributed by atoms with E-state index in [0.717, 1.165) is 6.42 Å². The highest BCUT2D eigenvalue weighted by molar-refractivity contribution is 5.98. The molecule has 0 aliphatic rings. The second kappa shape index (κ2) is 4.77. The number of aromatic nitrogens is 1. The standard InChI is InChI=1S/C11H17N3O/c1-4-8(2)14(3)11(15)9-5-6-13-7-10(9)12/h5-8H,4,12H2,1-3H3. The first-order valence-electron chi connectivity index (χ1n) is 5.04. The van der Waals surface area contributed by atoms with E-state index in [1.165, 1.54) is 6.20 Å². The fourth-order valence-corrected chi connectivity index (χ4v) is 1.27. The third kappa shape index (κ3) is 2.46. The van der Waals surface area contributed by atoms with E-state index in [1.807, 2.05) is 13.8 Å². The van der Waals surface area contributed by atoms with Crippen LogP contribution in [0.4, 0.5) is 5.69 Å². The summed E-state index contributed by atoms with van der Waals surface area (Å²) in [5.41, 5.74) is 6.64. The molecule has 4 heteroatoms. The molecule has 0 aliphatic heterocycles. The maximum Gasteiger partial charge on any atom is 0.256 e. The lowest BCUT2D eigenvalue weighted by molar-refractivity contribution is 0.0741. The van der Waals surface area contributed by atoms with Gasteiger partial charge in [0, 0.05) is 19.3 Å². The van der Waals surface area contributed by atoms with E-state index >= 15 is 0 Å². The Morgan fingerprint density at radius 2 is 2.33 bits per heavy atom. The average Bonchev–Trinajstić information content (AvgIpc) is 2.26. The number of nitrogens with two attached hydrogens (primary N) is 1. The molecular weight excluding hydrogens is 190 g/mol. The number of pyridine rings is 1. The van der Waals surface area contributed by atoms with Crippen LogP contribution in [-0.2, 0) is 0 Å². The van der Waals surface area contributed by atoms with Crippen LogP contribution in [-0.4, -0.2) is 28.9 Å². The molecule has 0 aliphatic carbocycles. The highest BCUT2D eigenvalue weighted by Crippen LogP contribution is 2.13. The third-order valence-electron chi connectivity index (χ3n) is 2.65. The quantitative estimate of drug-likeness (QED) is 0.817. The zero-order valence-corrected chi connectivity index (χ0v) is 9.40. The topological polar surface area (TPSA) is 59.2 Å². The second-order valence-corrected chi connectivity index (χ2v) is 3.64. The van der Waals surface area contributed by atoms with E-state index in [4.69, 9.17) is 5.73 Å². The predicted octanol–water partition coefficient (Wildman–Crippen LogP) is 1.53. The van der Waals surface area contributed by atoms with Crippen LogP contribution in [0.15, 0.2) is 18.5 Å². The molecule has 4 nitrogen and oxygen atoms in total. The van der Waals surface area contributed by atoms with Gasteiger partial charge in [0.25, 0.3) is 5.91 Å². The van der Waals surface area contributed by atoms with Crippen molar-refractivity contribution >= 4 is 11.6 Å². The molecule has 0 saturated carbocycles. The summed E-state index contributed by atoms with van der Waals surface area (Å²) in [6, 6.07) is 1.86. The van der Waals surface area contributed by atoms with E-state index in [0.29, 0.717) is 11.3 Å². The lowest BCUT2D eigenvalue weighted by atomic mass is 10.1. The van der Waals surface area contributed by atoms with E-state index in [1.54, 1.807) is 24.2 Å². The van der Waals surface area contributed by atoms with Crippen molar-refractivity contribution in [2.75, 3.05) is 12.8 Å². The van der Waals surface area contributed by atoms with Gasteiger partial charge in [0.1, 0.15) is 0 Å². The number of carbonyl (C=O) groups excluding carboxylic acids is 1. The van der Waals surface area contributed by atoms with E-state index in [9.17, 15) is 4.79 Å². The predicted molar refractivity (Wildman–Crippen MR) is 60.5 cm³/mol. The number of hydrogen-bond acceptors (Lipinski definition) is 3. The number of nitrogen functional groups attached to an aromatic ring is 1. The number of carbonyl (C=O) groups is 1. The Labute approximate surface area is 90.1 Å². The minimum Gasteiger partial charge on any atom is -0.397 e. The number of amides is 1. The highest BCUT2D eigenvalue weighted by Gasteiger charge is 2.17. The zero-order valence-electron chi connectivity index (χ0n) is 9.40. The first kappa shape index (κ1) is 11.5. The van der Waals surface area contributed by atoms with Gasteiger partial charge in [-0.25, -0.2) is 0 Å². The Morgan fingerprint density at radius 3 is 2.87 bits per heavy atom. The van der Waals surface area contributed by atoms with E-state index < -0.39 is 0 Å². The molecule has 0 bridgehead atoms. The Balaban J connectivity index is 2.90. The van der Waals surface area contributed by atoms with Gasteiger partial charge >= 0.3 is 0 Å². The Morgan fingerprint density at radius 1 is 1.67 bits per heavy atom. The summed E-state index contributed by atoms with van der Waals surface area (Å²) >= 11 is 0. The molecule has 1 heterocycles. The fourth-order valence-electron chi connectivity index (χ4n) is 1.27. The van der Waals surface area contributed by atoms with Crippen molar-refractivity contribution in [1.29, 1.82) is 0 Å². The summed E-state index contributed by atoms with van der Waals surface area (Å²) in [6.45, 7) is 4.06. The summed E-state index contributed by atoms with van der Waals surface area (Å²) in [4.78, 5) is 17.5. The van der Waals surface area contributed by atoms with Gasteiger partial charge in [0.2, 0.25) is 0 Å². The molecule has 1 aromatic rings. The second-order valence-electron chi connectivity index (χ2n) is 3.64. The largest absolute Gasteiger partial charge is 0.397 e. The molecule has 2 N–H and O–H groups in total. The maximum absolute atomic E-state index is 12.0. The Bertz CT molecular complexity index is 351. The molecular formula is C11H17N3O. The van der Waals surface area contributed by atoms with Crippen LogP contribution in [0.25, 0.3) is 0 Å². The van der Waals surface area contributed by atoms with Crippen molar-refractivity contribution in [1.82, 2.24) is 9.88 Å². The zero-order chi connectivity index (χ0) is 11.4. The lowest BCUT2D eigenvalue weighted by Gasteiger charge is -2.24. The summed E-state index contributed by atoms with van der Waals surface area (Å²) < 4.78 is 0. The highest BCUT2D eigenvalue weighted by atomic mass is 16.2. The van der Waals surface area contributed by atoms with Gasteiger partial charge in [0.15, 0.2) is 0 Å². The minimum absolute atomic E-state index is 0.0516. The smallest absolute Gasteiger partial charge is 0.256 e. The van der Waals surface area contributed by atoms with Crippen molar-refractivity contribution in [2.45, 2.75) is 26.3 Å². The summed E-state index contributed by atoms with van der Waals surface area (Å²) in [6.07, 6.45) is 4.00. The molecule has 0 fully saturated rings. The van der Waals surface area contributed by atoms with E-state index in [2.05, 4.69) is 4.98 Å². The van der Waals surface area contributed by atoms with Crippen LogP contribution in [0.5, 0.6) is 0 Å². The first-order chi connectivity index (χ1) is 7.07. The Hall–Kier alpha value is -1.58. The molecule has 0 saturated heterocycles. The van der Waals surface area contributed by atoms with Gasteiger partial charge in [0.05, 0.1) is 17.4 Å². The average molecular weight is 207 g/mol. The van der Waals surface area contributed by atoms with Gasteiger partial charge in [-0.2, -0.15) is 0 Å². The van der Waals surface area contributed by atoms with Crippen molar-refractivity contribution < 1.29 is 4.79 Å². The first-order valence-corrected chi connectivity index (χ1v) is 5.04. The summed E-state index contributed by atoms with van der Waals surface area (Å²) in [5, 5.41) is 0. The fraction of sp³-hybridized carbons (Fsp3) is 0.455. The number of hydrogen-bond donors (Lipinski definition) is 1. The van der Waals surface area contributed by atoms with Gasteiger partial charge in [-0.3, -0.25) is 9.78 Å². The van der Waals surface area contributed by atoms with E-state index in [-0.39, 0.29) is 11.9 Å².